The van der Waals surface area contributed by atoms with Gasteiger partial charge in [0.2, 0.25) is 0 Å². The first-order valence-corrected chi connectivity index (χ1v) is 6.74. The summed E-state index contributed by atoms with van der Waals surface area (Å²) in [6.45, 7) is 5.40. The van der Waals surface area contributed by atoms with Crippen LogP contribution >= 0.6 is 0 Å². The third-order valence-corrected chi connectivity index (χ3v) is 3.30. The van der Waals surface area contributed by atoms with Crippen LogP contribution in [0.1, 0.15) is 32.3 Å². The van der Waals surface area contributed by atoms with Crippen LogP contribution in [0.2, 0.25) is 0 Å². The zero-order valence-electron chi connectivity index (χ0n) is 11.3. The molecule has 0 saturated heterocycles. The minimum Gasteiger partial charge on any atom is -0.396 e. The minimum absolute atomic E-state index is 0.175. The van der Waals surface area contributed by atoms with Crippen LogP contribution in [-0.4, -0.2) is 24.3 Å². The van der Waals surface area contributed by atoms with Gasteiger partial charge < -0.3 is 10.4 Å². The maximum Gasteiger partial charge on any atom is 0.123 e. The molecule has 3 heteroatoms. The molecule has 0 fully saturated rings. The lowest BCUT2D eigenvalue weighted by Gasteiger charge is -2.19. The molecule has 2 unspecified atom stereocenters. The van der Waals surface area contributed by atoms with Crippen LogP contribution in [0.5, 0.6) is 0 Å². The number of hydrogen-bond acceptors (Lipinski definition) is 2. The van der Waals surface area contributed by atoms with Gasteiger partial charge in [-0.15, -0.1) is 0 Å². The Morgan fingerprint density at radius 3 is 2.78 bits per heavy atom. The standard InChI is InChI=1S/C15H24FNO/c1-3-13(7-8-18)11-17-12(2)9-14-5-4-6-15(16)10-14/h4-6,10,12-13,17-18H,3,7-9,11H2,1-2H3. The summed E-state index contributed by atoms with van der Waals surface area (Å²) in [5.41, 5.74) is 1.02. The number of hydrogen-bond donors (Lipinski definition) is 2. The predicted molar refractivity (Wildman–Crippen MR) is 73.1 cm³/mol. The van der Waals surface area contributed by atoms with E-state index in [9.17, 15) is 4.39 Å². The van der Waals surface area contributed by atoms with Gasteiger partial charge in [0, 0.05) is 12.6 Å². The van der Waals surface area contributed by atoms with Gasteiger partial charge in [0.1, 0.15) is 5.82 Å². The molecular formula is C15H24FNO. The summed E-state index contributed by atoms with van der Waals surface area (Å²) in [7, 11) is 0. The van der Waals surface area contributed by atoms with E-state index in [2.05, 4.69) is 19.2 Å². The minimum atomic E-state index is -0.175. The molecule has 1 aromatic carbocycles. The first kappa shape index (κ1) is 15.1. The summed E-state index contributed by atoms with van der Waals surface area (Å²) < 4.78 is 13.0. The first-order chi connectivity index (χ1) is 8.65. The van der Waals surface area contributed by atoms with Crippen LogP contribution in [0, 0.1) is 11.7 Å². The maximum absolute atomic E-state index is 13.0. The quantitative estimate of drug-likeness (QED) is 0.746. The highest BCUT2D eigenvalue weighted by molar-refractivity contribution is 5.17. The van der Waals surface area contributed by atoms with Gasteiger partial charge in [-0.25, -0.2) is 4.39 Å². The number of benzene rings is 1. The van der Waals surface area contributed by atoms with E-state index in [-0.39, 0.29) is 12.4 Å². The molecule has 0 aliphatic carbocycles. The van der Waals surface area contributed by atoms with Gasteiger partial charge >= 0.3 is 0 Å². The normalized spacial score (nSPS) is 14.4. The summed E-state index contributed by atoms with van der Waals surface area (Å²) in [6, 6.07) is 7.07. The van der Waals surface area contributed by atoms with Crippen LogP contribution < -0.4 is 5.32 Å². The fraction of sp³-hybridized carbons (Fsp3) is 0.600. The second-order valence-electron chi connectivity index (χ2n) is 4.93. The van der Waals surface area contributed by atoms with E-state index in [1.54, 1.807) is 12.1 Å². The largest absolute Gasteiger partial charge is 0.396 e. The Balaban J connectivity index is 2.35. The number of rotatable bonds is 8. The summed E-state index contributed by atoms with van der Waals surface area (Å²) in [4.78, 5) is 0. The average Bonchev–Trinajstić information content (AvgIpc) is 2.34. The molecule has 0 aromatic heterocycles. The highest BCUT2D eigenvalue weighted by Gasteiger charge is 2.08. The lowest BCUT2D eigenvalue weighted by atomic mass is 10.0. The van der Waals surface area contributed by atoms with Crippen molar-refractivity contribution in [2.45, 2.75) is 39.2 Å². The predicted octanol–water partition coefficient (Wildman–Crippen LogP) is 2.75. The van der Waals surface area contributed by atoms with Crippen molar-refractivity contribution < 1.29 is 9.50 Å². The molecule has 0 saturated carbocycles. The molecule has 2 atom stereocenters. The summed E-state index contributed by atoms with van der Waals surface area (Å²) in [6.07, 6.45) is 2.74. The van der Waals surface area contributed by atoms with Crippen molar-refractivity contribution in [3.63, 3.8) is 0 Å². The SMILES string of the molecule is CCC(CCO)CNC(C)Cc1cccc(F)c1. The summed E-state index contributed by atoms with van der Waals surface area (Å²) in [5.74, 6) is 0.344. The molecule has 18 heavy (non-hydrogen) atoms. The third-order valence-electron chi connectivity index (χ3n) is 3.30. The Morgan fingerprint density at radius 2 is 2.17 bits per heavy atom. The van der Waals surface area contributed by atoms with Gasteiger partial charge in [0.15, 0.2) is 0 Å². The number of aliphatic hydroxyl groups excluding tert-OH is 1. The zero-order valence-corrected chi connectivity index (χ0v) is 11.3. The highest BCUT2D eigenvalue weighted by atomic mass is 19.1. The summed E-state index contributed by atoms with van der Waals surface area (Å²) >= 11 is 0. The Hall–Kier alpha value is -0.930. The second-order valence-corrected chi connectivity index (χ2v) is 4.93. The monoisotopic (exact) mass is 253 g/mol. The molecule has 0 bridgehead atoms. The summed E-state index contributed by atoms with van der Waals surface area (Å²) in [5, 5.41) is 12.4. The molecule has 0 spiro atoms. The van der Waals surface area contributed by atoms with Crippen molar-refractivity contribution in [2.24, 2.45) is 5.92 Å². The Bertz CT molecular complexity index is 343. The van der Waals surface area contributed by atoms with Crippen molar-refractivity contribution in [1.29, 1.82) is 0 Å². The molecule has 0 aliphatic heterocycles. The molecule has 2 nitrogen and oxygen atoms in total. The van der Waals surface area contributed by atoms with Gasteiger partial charge in [0.25, 0.3) is 0 Å². The molecular weight excluding hydrogens is 229 g/mol. The Kier molecular flexibility index (Phi) is 6.91. The fourth-order valence-electron chi connectivity index (χ4n) is 2.09. The third kappa shape index (κ3) is 5.61. The molecule has 1 aromatic rings. The lowest BCUT2D eigenvalue weighted by Crippen LogP contribution is -2.33. The van der Waals surface area contributed by atoms with E-state index in [0.29, 0.717) is 12.0 Å². The van der Waals surface area contributed by atoms with Crippen molar-refractivity contribution in [3.05, 3.63) is 35.6 Å². The molecule has 0 radical (unpaired) electrons. The van der Waals surface area contributed by atoms with E-state index in [0.717, 1.165) is 31.4 Å². The number of aliphatic hydroxyl groups is 1. The van der Waals surface area contributed by atoms with Gasteiger partial charge in [-0.1, -0.05) is 25.5 Å². The molecule has 2 N–H and O–H groups in total. The smallest absolute Gasteiger partial charge is 0.123 e. The maximum atomic E-state index is 13.0. The number of halogens is 1. The Labute approximate surface area is 109 Å². The molecule has 0 aliphatic rings. The molecule has 1 rings (SSSR count). The van der Waals surface area contributed by atoms with E-state index in [4.69, 9.17) is 5.11 Å². The van der Waals surface area contributed by atoms with Crippen molar-refractivity contribution in [1.82, 2.24) is 5.32 Å². The van der Waals surface area contributed by atoms with Gasteiger partial charge in [-0.05, 0) is 49.9 Å². The van der Waals surface area contributed by atoms with E-state index in [1.807, 2.05) is 6.07 Å². The highest BCUT2D eigenvalue weighted by Crippen LogP contribution is 2.09. The van der Waals surface area contributed by atoms with E-state index < -0.39 is 0 Å². The van der Waals surface area contributed by atoms with Gasteiger partial charge in [-0.2, -0.15) is 0 Å². The van der Waals surface area contributed by atoms with Crippen LogP contribution in [-0.2, 0) is 6.42 Å². The van der Waals surface area contributed by atoms with Gasteiger partial charge in [-0.3, -0.25) is 0 Å². The van der Waals surface area contributed by atoms with E-state index in [1.165, 1.54) is 6.07 Å². The Morgan fingerprint density at radius 1 is 1.39 bits per heavy atom. The van der Waals surface area contributed by atoms with Gasteiger partial charge in [0.05, 0.1) is 0 Å². The zero-order chi connectivity index (χ0) is 13.4. The van der Waals surface area contributed by atoms with Crippen LogP contribution in [0.4, 0.5) is 4.39 Å². The van der Waals surface area contributed by atoms with Crippen LogP contribution in [0.25, 0.3) is 0 Å². The van der Waals surface area contributed by atoms with Crippen molar-refractivity contribution in [3.8, 4) is 0 Å². The molecule has 102 valence electrons. The second kappa shape index (κ2) is 8.22. The van der Waals surface area contributed by atoms with E-state index >= 15 is 0 Å². The molecule has 0 heterocycles. The fourth-order valence-corrected chi connectivity index (χ4v) is 2.09. The van der Waals surface area contributed by atoms with Crippen LogP contribution in [0.15, 0.2) is 24.3 Å². The lowest BCUT2D eigenvalue weighted by molar-refractivity contribution is 0.249. The topological polar surface area (TPSA) is 32.3 Å². The van der Waals surface area contributed by atoms with Crippen LogP contribution in [0.3, 0.4) is 0 Å². The number of nitrogens with one attached hydrogen (secondary N) is 1. The first-order valence-electron chi connectivity index (χ1n) is 6.74. The molecule has 0 amide bonds. The average molecular weight is 253 g/mol. The van der Waals surface area contributed by atoms with Crippen molar-refractivity contribution >= 4 is 0 Å². The van der Waals surface area contributed by atoms with Crippen molar-refractivity contribution in [2.75, 3.05) is 13.2 Å².